The lowest BCUT2D eigenvalue weighted by Crippen LogP contribution is -2.32. The molecule has 1 unspecified atom stereocenters. The van der Waals surface area contributed by atoms with Crippen molar-refractivity contribution >= 4 is 17.7 Å². The van der Waals surface area contributed by atoms with Crippen molar-refractivity contribution < 1.29 is 4.79 Å². The number of carbonyl (C=O) groups is 1. The summed E-state index contributed by atoms with van der Waals surface area (Å²) < 4.78 is 1.71. The molecule has 1 amide bonds. The molecule has 0 bridgehead atoms. The zero-order chi connectivity index (χ0) is 14.1. The minimum atomic E-state index is -0.0333. The van der Waals surface area contributed by atoms with Gasteiger partial charge in [0.15, 0.2) is 5.16 Å². The first-order chi connectivity index (χ1) is 9.69. The maximum absolute atomic E-state index is 12.2. The Hall–Kier alpha value is -1.30. The van der Waals surface area contributed by atoms with Crippen LogP contribution in [0.1, 0.15) is 37.9 Å². The Kier molecular flexibility index (Phi) is 3.83. The van der Waals surface area contributed by atoms with Crippen LogP contribution in [0.3, 0.4) is 0 Å². The summed E-state index contributed by atoms with van der Waals surface area (Å²) in [6.45, 7) is 3.73. The molecule has 108 valence electrons. The molecule has 1 fully saturated rings. The second kappa shape index (κ2) is 5.60. The molecule has 0 aliphatic carbocycles. The summed E-state index contributed by atoms with van der Waals surface area (Å²) >= 11 is 1.59. The first-order valence-electron chi connectivity index (χ1n) is 7.22. The number of aryl methyl sites for hydroxylation is 1. The quantitative estimate of drug-likeness (QED) is 0.792. The lowest BCUT2D eigenvalue weighted by Gasteiger charge is -2.19. The summed E-state index contributed by atoms with van der Waals surface area (Å²) in [6.07, 6.45) is 3.39. The van der Waals surface area contributed by atoms with Crippen LogP contribution in [-0.4, -0.2) is 39.2 Å². The van der Waals surface area contributed by atoms with Crippen molar-refractivity contribution in [2.75, 3.05) is 18.8 Å². The minimum Gasteiger partial charge on any atom is -0.343 e. The number of fused-ring (bicyclic) bond motifs is 1. The maximum Gasteiger partial charge on any atom is 0.254 e. The predicted octanol–water partition coefficient (Wildman–Crippen LogP) is 1.47. The summed E-state index contributed by atoms with van der Waals surface area (Å²) in [5.74, 6) is 0.946. The molecule has 0 saturated carbocycles. The van der Waals surface area contributed by atoms with Gasteiger partial charge in [0.1, 0.15) is 0 Å². The Bertz CT molecular complexity index is 578. The monoisotopic (exact) mass is 293 g/mol. The van der Waals surface area contributed by atoms with E-state index in [0.717, 1.165) is 49.0 Å². The van der Waals surface area contributed by atoms with Crippen molar-refractivity contribution in [1.82, 2.24) is 14.5 Å². The molecule has 2 aliphatic rings. The molecule has 20 heavy (non-hydrogen) atoms. The second-order valence-electron chi connectivity index (χ2n) is 5.35. The van der Waals surface area contributed by atoms with Crippen molar-refractivity contribution in [2.45, 2.75) is 43.8 Å². The Balaban J connectivity index is 1.79. The van der Waals surface area contributed by atoms with Gasteiger partial charge in [0.05, 0.1) is 6.04 Å². The van der Waals surface area contributed by atoms with E-state index >= 15 is 0 Å². The number of rotatable bonds is 3. The Morgan fingerprint density at radius 2 is 2.20 bits per heavy atom. The van der Waals surface area contributed by atoms with Crippen LogP contribution < -0.4 is 5.56 Å². The standard InChI is InChI=1S/C14H19N3O2S/c1-2-10-7-13(19)17-11(9-20-14(17)15-10)8-12(18)16-5-3-4-6-16/h7,11H,2-6,8-9H2,1H3. The Morgan fingerprint density at radius 3 is 2.90 bits per heavy atom. The summed E-state index contributed by atoms with van der Waals surface area (Å²) in [5.41, 5.74) is 0.816. The minimum absolute atomic E-state index is 0.0175. The Morgan fingerprint density at radius 1 is 1.45 bits per heavy atom. The molecule has 0 aromatic carbocycles. The highest BCUT2D eigenvalue weighted by atomic mass is 32.2. The molecule has 0 radical (unpaired) electrons. The number of thioether (sulfide) groups is 1. The smallest absolute Gasteiger partial charge is 0.254 e. The van der Waals surface area contributed by atoms with E-state index in [1.165, 1.54) is 0 Å². The van der Waals surface area contributed by atoms with Gasteiger partial charge in [-0.25, -0.2) is 4.98 Å². The van der Waals surface area contributed by atoms with Gasteiger partial charge in [-0.1, -0.05) is 18.7 Å². The third-order valence-electron chi connectivity index (χ3n) is 3.97. The summed E-state index contributed by atoms with van der Waals surface area (Å²) in [7, 11) is 0. The second-order valence-corrected chi connectivity index (χ2v) is 6.34. The Labute approximate surface area is 122 Å². The third kappa shape index (κ3) is 2.49. The summed E-state index contributed by atoms with van der Waals surface area (Å²) in [5, 5.41) is 0.772. The average molecular weight is 293 g/mol. The maximum atomic E-state index is 12.2. The number of hydrogen-bond donors (Lipinski definition) is 0. The summed E-state index contributed by atoms with van der Waals surface area (Å²) in [4.78, 5) is 30.8. The molecule has 6 heteroatoms. The normalized spacial score (nSPS) is 21.2. The van der Waals surface area contributed by atoms with E-state index in [1.807, 2.05) is 11.8 Å². The van der Waals surface area contributed by atoms with E-state index in [9.17, 15) is 9.59 Å². The summed E-state index contributed by atoms with van der Waals surface area (Å²) in [6, 6.07) is 1.57. The molecule has 1 aromatic heterocycles. The van der Waals surface area contributed by atoms with Crippen LogP contribution >= 0.6 is 11.8 Å². The van der Waals surface area contributed by atoms with Gasteiger partial charge < -0.3 is 4.90 Å². The van der Waals surface area contributed by atoms with Gasteiger partial charge >= 0.3 is 0 Å². The molecular formula is C14H19N3O2S. The van der Waals surface area contributed by atoms with Gasteiger partial charge in [-0.3, -0.25) is 14.2 Å². The zero-order valence-electron chi connectivity index (χ0n) is 11.7. The first kappa shape index (κ1) is 13.7. The predicted molar refractivity (Wildman–Crippen MR) is 78.1 cm³/mol. The number of amides is 1. The average Bonchev–Trinajstić information content (AvgIpc) is 3.08. The van der Waals surface area contributed by atoms with Crippen LogP contribution in [0, 0.1) is 0 Å². The highest BCUT2D eigenvalue weighted by Crippen LogP contribution is 2.32. The highest BCUT2D eigenvalue weighted by molar-refractivity contribution is 7.99. The van der Waals surface area contributed by atoms with Crippen molar-refractivity contribution in [2.24, 2.45) is 0 Å². The van der Waals surface area contributed by atoms with Crippen molar-refractivity contribution in [3.8, 4) is 0 Å². The van der Waals surface area contributed by atoms with E-state index in [0.29, 0.717) is 6.42 Å². The number of carbonyl (C=O) groups excluding carboxylic acids is 1. The molecule has 1 aromatic rings. The fourth-order valence-corrected chi connectivity index (χ4v) is 4.00. The van der Waals surface area contributed by atoms with Gasteiger partial charge in [-0.15, -0.1) is 0 Å². The highest BCUT2D eigenvalue weighted by Gasteiger charge is 2.29. The number of nitrogens with zero attached hydrogens (tertiary/aromatic N) is 3. The molecule has 5 nitrogen and oxygen atoms in total. The van der Waals surface area contributed by atoms with Crippen LogP contribution in [0.25, 0.3) is 0 Å². The van der Waals surface area contributed by atoms with E-state index in [4.69, 9.17) is 0 Å². The van der Waals surface area contributed by atoms with E-state index in [1.54, 1.807) is 22.4 Å². The molecule has 0 spiro atoms. The van der Waals surface area contributed by atoms with Gasteiger partial charge in [-0.05, 0) is 19.3 Å². The lowest BCUT2D eigenvalue weighted by atomic mass is 10.2. The van der Waals surface area contributed by atoms with Gasteiger partial charge in [0.25, 0.3) is 5.56 Å². The van der Waals surface area contributed by atoms with E-state index in [-0.39, 0.29) is 17.5 Å². The fourth-order valence-electron chi connectivity index (χ4n) is 2.83. The SMILES string of the molecule is CCc1cc(=O)n2c(n1)SCC2CC(=O)N1CCCC1. The molecule has 1 saturated heterocycles. The van der Waals surface area contributed by atoms with E-state index in [2.05, 4.69) is 4.98 Å². The van der Waals surface area contributed by atoms with Gasteiger partial charge in [-0.2, -0.15) is 0 Å². The van der Waals surface area contributed by atoms with Crippen molar-refractivity contribution in [3.05, 3.63) is 22.1 Å². The largest absolute Gasteiger partial charge is 0.343 e. The van der Waals surface area contributed by atoms with Crippen LogP contribution in [0.2, 0.25) is 0 Å². The number of aromatic nitrogens is 2. The van der Waals surface area contributed by atoms with Crippen molar-refractivity contribution in [3.63, 3.8) is 0 Å². The van der Waals surface area contributed by atoms with Crippen LogP contribution in [0.5, 0.6) is 0 Å². The zero-order valence-corrected chi connectivity index (χ0v) is 12.5. The lowest BCUT2D eigenvalue weighted by molar-refractivity contribution is -0.130. The number of likely N-dealkylation sites (tertiary alicyclic amines) is 1. The first-order valence-corrected chi connectivity index (χ1v) is 8.20. The number of hydrogen-bond acceptors (Lipinski definition) is 4. The molecule has 1 atom stereocenters. The molecule has 0 N–H and O–H groups in total. The molecule has 3 heterocycles. The van der Waals surface area contributed by atoms with E-state index < -0.39 is 0 Å². The molecule has 2 aliphatic heterocycles. The van der Waals surface area contributed by atoms with Gasteiger partial charge in [0.2, 0.25) is 5.91 Å². The topological polar surface area (TPSA) is 55.2 Å². The fraction of sp³-hybridized carbons (Fsp3) is 0.643. The van der Waals surface area contributed by atoms with Crippen LogP contribution in [0.4, 0.5) is 0 Å². The third-order valence-corrected chi connectivity index (χ3v) is 5.07. The van der Waals surface area contributed by atoms with Crippen LogP contribution in [-0.2, 0) is 11.2 Å². The van der Waals surface area contributed by atoms with Gasteiger partial charge in [0, 0.05) is 37.0 Å². The molecular weight excluding hydrogens is 274 g/mol. The van der Waals surface area contributed by atoms with Crippen LogP contribution in [0.15, 0.2) is 16.0 Å². The molecule has 3 rings (SSSR count). The van der Waals surface area contributed by atoms with Crippen molar-refractivity contribution in [1.29, 1.82) is 0 Å².